The van der Waals surface area contributed by atoms with Crippen LogP contribution in [0, 0.1) is 0 Å². The van der Waals surface area contributed by atoms with E-state index in [1.54, 1.807) is 0 Å². The summed E-state index contributed by atoms with van der Waals surface area (Å²) in [7, 11) is 0. The summed E-state index contributed by atoms with van der Waals surface area (Å²) < 4.78 is 7.82. The first-order valence-corrected chi connectivity index (χ1v) is 24.0. The van der Waals surface area contributed by atoms with Crippen molar-refractivity contribution in [3.05, 3.63) is 125 Å². The summed E-state index contributed by atoms with van der Waals surface area (Å²) in [5.74, 6) is 0. The van der Waals surface area contributed by atoms with Gasteiger partial charge in [0.25, 0.3) is 0 Å². The molecule has 0 saturated carbocycles. The van der Waals surface area contributed by atoms with Gasteiger partial charge in [-0.15, -0.1) is 0 Å². The molecule has 0 fully saturated rings. The van der Waals surface area contributed by atoms with Crippen molar-refractivity contribution >= 4 is 114 Å². The van der Waals surface area contributed by atoms with Gasteiger partial charge < -0.3 is 13.2 Å². The van der Waals surface area contributed by atoms with Crippen molar-refractivity contribution in [3.8, 4) is 0 Å². The van der Waals surface area contributed by atoms with E-state index in [1.807, 2.05) is 0 Å². The number of nitrogens with zero attached hydrogens (tertiary/aromatic N) is 3. The molecule has 3 nitrogen and oxygen atoms in total. The molecule has 6 aromatic heterocycles. The number of rotatable bonds is 0. The molecule has 324 valence electrons. The Bertz CT molecular complexity index is 3950. The molecule has 13 rings (SSSR count). The quantitative estimate of drug-likeness (QED) is 0.144. The molecule has 3 heteroatoms. The van der Waals surface area contributed by atoms with E-state index in [0.29, 0.717) is 0 Å². The molecule has 0 unspecified atom stereocenters. The molecule has 0 N–H and O–H groups in total. The number of hydrogen-bond acceptors (Lipinski definition) is 0. The average molecular weight is 848 g/mol. The Labute approximate surface area is 381 Å². The van der Waals surface area contributed by atoms with Gasteiger partial charge in [-0.3, -0.25) is 0 Å². The van der Waals surface area contributed by atoms with Gasteiger partial charge in [-0.1, -0.05) is 116 Å². The SMILES string of the molecule is CC(C)(C)c1ccc2c(c1)c1cc(C(C)(C)C)cc3c4c5c6cc(C(C)(C)C)cc7c8c9c%10cc(C(C)(C)C)cc%11c%12cc(C(C)(C)C)ccc%12n(c9ccc8n(c5ccc4n2c13)c67)c%11%10. The first kappa shape index (κ1) is 39.3. The van der Waals surface area contributed by atoms with Crippen molar-refractivity contribution in [1.82, 2.24) is 13.2 Å². The van der Waals surface area contributed by atoms with Crippen LogP contribution < -0.4 is 0 Å². The van der Waals surface area contributed by atoms with Crippen LogP contribution >= 0.6 is 0 Å². The second kappa shape index (κ2) is 11.7. The van der Waals surface area contributed by atoms with Gasteiger partial charge in [-0.25, -0.2) is 0 Å². The van der Waals surface area contributed by atoms with Crippen LogP contribution in [0.5, 0.6) is 0 Å². The van der Waals surface area contributed by atoms with E-state index in [0.717, 1.165) is 0 Å². The number of benzene rings is 7. The van der Waals surface area contributed by atoms with Gasteiger partial charge in [-0.05, 0) is 140 Å². The van der Waals surface area contributed by atoms with Crippen LogP contribution in [0.2, 0.25) is 0 Å². The lowest BCUT2D eigenvalue weighted by Crippen LogP contribution is -2.11. The molecule has 13 aromatic rings. The molecule has 0 amide bonds. The van der Waals surface area contributed by atoms with Gasteiger partial charge in [0.2, 0.25) is 0 Å². The van der Waals surface area contributed by atoms with Gasteiger partial charge >= 0.3 is 0 Å². The maximum atomic E-state index is 2.64. The Balaban J connectivity index is 1.24. The van der Waals surface area contributed by atoms with E-state index >= 15 is 0 Å². The maximum Gasteiger partial charge on any atom is 0.0621 e. The number of hydrogen-bond donors (Lipinski definition) is 0. The highest BCUT2D eigenvalue weighted by Crippen LogP contribution is 2.52. The van der Waals surface area contributed by atoms with Crippen molar-refractivity contribution in [2.75, 3.05) is 0 Å². The third-order valence-electron chi connectivity index (χ3n) is 15.7. The Morgan fingerprint density at radius 3 is 0.723 bits per heavy atom. The van der Waals surface area contributed by atoms with Crippen LogP contribution in [0.1, 0.15) is 132 Å². The van der Waals surface area contributed by atoms with Crippen LogP contribution in [0.3, 0.4) is 0 Å². The molecule has 0 aliphatic carbocycles. The van der Waals surface area contributed by atoms with Gasteiger partial charge in [0.05, 0.1) is 49.7 Å². The van der Waals surface area contributed by atoms with E-state index in [2.05, 4.69) is 214 Å². The monoisotopic (exact) mass is 847 g/mol. The van der Waals surface area contributed by atoms with Gasteiger partial charge in [0.1, 0.15) is 0 Å². The van der Waals surface area contributed by atoms with E-state index in [4.69, 9.17) is 0 Å². The summed E-state index contributed by atoms with van der Waals surface area (Å²) in [5, 5.41) is 16.4. The topological polar surface area (TPSA) is 13.2 Å². The molecular formula is C62H61N3. The number of aromatic nitrogens is 3. The zero-order valence-corrected chi connectivity index (χ0v) is 41.1. The van der Waals surface area contributed by atoms with Crippen LogP contribution in [0.4, 0.5) is 0 Å². The second-order valence-electron chi connectivity index (χ2n) is 25.2. The van der Waals surface area contributed by atoms with Crippen LogP contribution in [-0.2, 0) is 27.1 Å². The predicted octanol–water partition coefficient (Wildman–Crippen LogP) is 17.6. The fourth-order valence-corrected chi connectivity index (χ4v) is 12.0. The van der Waals surface area contributed by atoms with Crippen LogP contribution in [0.15, 0.2) is 97.1 Å². The minimum absolute atomic E-state index is 0.0163. The maximum absolute atomic E-state index is 2.64. The van der Waals surface area contributed by atoms with E-state index in [9.17, 15) is 0 Å². The molecule has 0 bridgehead atoms. The Morgan fingerprint density at radius 1 is 0.231 bits per heavy atom. The highest BCUT2D eigenvalue weighted by Gasteiger charge is 2.31. The molecule has 0 atom stereocenters. The van der Waals surface area contributed by atoms with Gasteiger partial charge in [-0.2, -0.15) is 0 Å². The highest BCUT2D eigenvalue weighted by atomic mass is 15.0. The molecule has 0 saturated heterocycles. The molecule has 0 aliphatic heterocycles. The molecule has 65 heavy (non-hydrogen) atoms. The first-order chi connectivity index (χ1) is 30.4. The summed E-state index contributed by atoms with van der Waals surface area (Å²) in [6, 6.07) is 39.4. The summed E-state index contributed by atoms with van der Waals surface area (Å²) in [6.07, 6.45) is 0. The van der Waals surface area contributed by atoms with Crippen molar-refractivity contribution in [2.24, 2.45) is 0 Å². The van der Waals surface area contributed by atoms with E-state index in [1.165, 1.54) is 142 Å². The zero-order valence-electron chi connectivity index (χ0n) is 41.1. The smallest absolute Gasteiger partial charge is 0.0621 e. The standard InChI is InChI=1S/C62H61N3/c1-58(2,3)32-16-18-45-37(24-32)39-26-34(60(7,8)9)28-41-51-47(63(45)55(39)41)20-22-49-53(51)43-30-36(62(13,14)15)31-44-54-50(65(49)57(43)44)23-21-48-52(54)42-29-35(61(10,11)12)27-40-38-25-33(59(4,5)6)17-19-46(38)64(48)56(40)42/h16-31H,1-15H3. The largest absolute Gasteiger partial charge is 0.308 e. The minimum atomic E-state index is -0.0604. The van der Waals surface area contributed by atoms with Crippen molar-refractivity contribution in [1.29, 1.82) is 0 Å². The summed E-state index contributed by atoms with van der Waals surface area (Å²) in [4.78, 5) is 0. The van der Waals surface area contributed by atoms with Crippen molar-refractivity contribution < 1.29 is 0 Å². The Hall–Kier alpha value is -6.06. The van der Waals surface area contributed by atoms with E-state index in [-0.39, 0.29) is 27.1 Å². The van der Waals surface area contributed by atoms with Crippen LogP contribution in [-0.4, -0.2) is 13.2 Å². The molecule has 6 heterocycles. The second-order valence-corrected chi connectivity index (χ2v) is 25.2. The average Bonchev–Trinajstić information content (AvgIpc) is 4.04. The zero-order chi connectivity index (χ0) is 45.6. The third-order valence-corrected chi connectivity index (χ3v) is 15.7. The third kappa shape index (κ3) is 4.92. The molecule has 0 spiro atoms. The van der Waals surface area contributed by atoms with Crippen molar-refractivity contribution in [2.45, 2.75) is 131 Å². The predicted molar refractivity (Wildman–Crippen MR) is 284 cm³/mol. The fourth-order valence-electron chi connectivity index (χ4n) is 12.0. The van der Waals surface area contributed by atoms with Gasteiger partial charge in [0.15, 0.2) is 0 Å². The summed E-state index contributed by atoms with van der Waals surface area (Å²) >= 11 is 0. The van der Waals surface area contributed by atoms with Crippen LogP contribution in [0.25, 0.3) is 114 Å². The van der Waals surface area contributed by atoms with Crippen molar-refractivity contribution in [3.63, 3.8) is 0 Å². The Morgan fingerprint density at radius 2 is 0.446 bits per heavy atom. The highest BCUT2D eigenvalue weighted by molar-refractivity contribution is 6.39. The normalized spacial score (nSPS) is 14.4. The van der Waals surface area contributed by atoms with E-state index < -0.39 is 0 Å². The molecule has 0 radical (unpaired) electrons. The number of fused-ring (bicyclic) bond motifs is 20. The summed E-state index contributed by atoms with van der Waals surface area (Å²) in [6.45, 7) is 35.3. The lowest BCUT2D eigenvalue weighted by atomic mass is 9.83. The summed E-state index contributed by atoms with van der Waals surface area (Å²) in [5.41, 5.74) is 18.7. The lowest BCUT2D eigenvalue weighted by Gasteiger charge is -2.20. The first-order valence-electron chi connectivity index (χ1n) is 24.0. The molecule has 0 aliphatic rings. The Kier molecular flexibility index (Phi) is 7.05. The molecule has 7 aromatic carbocycles. The lowest BCUT2D eigenvalue weighted by molar-refractivity contribution is 0.590. The fraction of sp³-hybridized carbons (Fsp3) is 0.323. The molecular weight excluding hydrogens is 787 g/mol. The minimum Gasteiger partial charge on any atom is -0.308 e. The van der Waals surface area contributed by atoms with Gasteiger partial charge in [0, 0.05) is 64.6 Å².